The van der Waals surface area contributed by atoms with Crippen LogP contribution in [0.1, 0.15) is 26.2 Å². The van der Waals surface area contributed by atoms with Crippen molar-refractivity contribution in [1.82, 2.24) is 10.6 Å². The van der Waals surface area contributed by atoms with Crippen molar-refractivity contribution < 1.29 is 9.53 Å². The fraction of sp³-hybridized carbons (Fsp3) is 0.909. The SMILES string of the molecule is CC1(NC(=O)C2CCCNC2)CCOC1. The summed E-state index contributed by atoms with van der Waals surface area (Å²) in [6, 6.07) is 0. The molecule has 2 aliphatic heterocycles. The predicted molar refractivity (Wildman–Crippen MR) is 57.6 cm³/mol. The molecule has 4 heteroatoms. The molecule has 2 heterocycles. The highest BCUT2D eigenvalue weighted by Crippen LogP contribution is 2.19. The van der Waals surface area contributed by atoms with Gasteiger partial charge in [-0.1, -0.05) is 0 Å². The average Bonchev–Trinajstić information content (AvgIpc) is 2.66. The fourth-order valence-corrected chi connectivity index (χ4v) is 2.24. The van der Waals surface area contributed by atoms with E-state index in [1.54, 1.807) is 0 Å². The Bertz CT molecular complexity index is 231. The molecule has 2 rings (SSSR count). The number of hydrogen-bond acceptors (Lipinski definition) is 3. The molecule has 0 aromatic heterocycles. The molecule has 0 saturated carbocycles. The zero-order chi connectivity index (χ0) is 10.7. The van der Waals surface area contributed by atoms with Crippen LogP contribution in [0.25, 0.3) is 0 Å². The van der Waals surface area contributed by atoms with Gasteiger partial charge in [0.2, 0.25) is 5.91 Å². The highest BCUT2D eigenvalue weighted by atomic mass is 16.5. The van der Waals surface area contributed by atoms with Gasteiger partial charge < -0.3 is 15.4 Å². The maximum atomic E-state index is 12.0. The molecule has 0 aliphatic carbocycles. The van der Waals surface area contributed by atoms with Crippen LogP contribution in [0.3, 0.4) is 0 Å². The summed E-state index contributed by atoms with van der Waals surface area (Å²) in [5.41, 5.74) is -0.130. The third kappa shape index (κ3) is 2.69. The second-order valence-electron chi connectivity index (χ2n) is 4.90. The van der Waals surface area contributed by atoms with E-state index in [0.717, 1.165) is 39.0 Å². The van der Waals surface area contributed by atoms with Crippen LogP contribution in [-0.4, -0.2) is 37.7 Å². The van der Waals surface area contributed by atoms with Crippen molar-refractivity contribution in [3.05, 3.63) is 0 Å². The maximum absolute atomic E-state index is 12.0. The molecule has 2 unspecified atom stereocenters. The largest absolute Gasteiger partial charge is 0.379 e. The topological polar surface area (TPSA) is 50.4 Å². The van der Waals surface area contributed by atoms with Gasteiger partial charge in [-0.3, -0.25) is 4.79 Å². The molecule has 86 valence electrons. The molecule has 2 atom stereocenters. The number of hydrogen-bond donors (Lipinski definition) is 2. The van der Waals surface area contributed by atoms with Crippen molar-refractivity contribution in [2.75, 3.05) is 26.3 Å². The minimum Gasteiger partial charge on any atom is -0.379 e. The molecule has 2 fully saturated rings. The van der Waals surface area contributed by atoms with Crippen LogP contribution in [-0.2, 0) is 9.53 Å². The molecule has 0 spiro atoms. The third-order valence-electron chi connectivity index (χ3n) is 3.31. The van der Waals surface area contributed by atoms with E-state index in [2.05, 4.69) is 17.6 Å². The van der Waals surface area contributed by atoms with Crippen molar-refractivity contribution in [1.29, 1.82) is 0 Å². The molecule has 15 heavy (non-hydrogen) atoms. The van der Waals surface area contributed by atoms with Crippen LogP contribution in [0.4, 0.5) is 0 Å². The van der Waals surface area contributed by atoms with E-state index in [4.69, 9.17) is 4.74 Å². The quantitative estimate of drug-likeness (QED) is 0.691. The molecule has 0 bridgehead atoms. The zero-order valence-corrected chi connectivity index (χ0v) is 9.34. The van der Waals surface area contributed by atoms with Gasteiger partial charge in [-0.05, 0) is 32.7 Å². The van der Waals surface area contributed by atoms with Gasteiger partial charge in [0, 0.05) is 13.2 Å². The molecule has 0 aromatic carbocycles. The van der Waals surface area contributed by atoms with Crippen LogP contribution in [0.2, 0.25) is 0 Å². The highest BCUT2D eigenvalue weighted by Gasteiger charge is 2.33. The fourth-order valence-electron chi connectivity index (χ4n) is 2.24. The summed E-state index contributed by atoms with van der Waals surface area (Å²) in [7, 11) is 0. The Morgan fingerprint density at radius 2 is 2.47 bits per heavy atom. The van der Waals surface area contributed by atoms with E-state index in [1.165, 1.54) is 0 Å². The number of rotatable bonds is 2. The Hall–Kier alpha value is -0.610. The smallest absolute Gasteiger partial charge is 0.224 e. The van der Waals surface area contributed by atoms with Crippen molar-refractivity contribution in [3.8, 4) is 0 Å². The van der Waals surface area contributed by atoms with Gasteiger partial charge in [0.05, 0.1) is 18.1 Å². The van der Waals surface area contributed by atoms with Gasteiger partial charge in [-0.2, -0.15) is 0 Å². The Morgan fingerprint density at radius 3 is 3.07 bits per heavy atom. The summed E-state index contributed by atoms with van der Waals surface area (Å²) in [4.78, 5) is 12.0. The summed E-state index contributed by atoms with van der Waals surface area (Å²) >= 11 is 0. The van der Waals surface area contributed by atoms with Crippen LogP contribution >= 0.6 is 0 Å². The molecule has 2 saturated heterocycles. The molecular weight excluding hydrogens is 192 g/mol. The third-order valence-corrected chi connectivity index (χ3v) is 3.31. The van der Waals surface area contributed by atoms with E-state index in [1.807, 2.05) is 0 Å². The molecular formula is C11H20N2O2. The first-order valence-electron chi connectivity index (χ1n) is 5.80. The van der Waals surface area contributed by atoms with Crippen molar-refractivity contribution in [3.63, 3.8) is 0 Å². The molecule has 2 N–H and O–H groups in total. The van der Waals surface area contributed by atoms with E-state index < -0.39 is 0 Å². The molecule has 0 aromatic rings. The first-order valence-corrected chi connectivity index (χ1v) is 5.80. The average molecular weight is 212 g/mol. The Morgan fingerprint density at radius 1 is 1.60 bits per heavy atom. The lowest BCUT2D eigenvalue weighted by molar-refractivity contribution is -0.127. The minimum absolute atomic E-state index is 0.130. The van der Waals surface area contributed by atoms with Gasteiger partial charge in [0.1, 0.15) is 0 Å². The van der Waals surface area contributed by atoms with Gasteiger partial charge in [0.25, 0.3) is 0 Å². The summed E-state index contributed by atoms with van der Waals surface area (Å²) in [6.07, 6.45) is 3.04. The lowest BCUT2D eigenvalue weighted by Crippen LogP contribution is -2.51. The zero-order valence-electron chi connectivity index (χ0n) is 9.34. The van der Waals surface area contributed by atoms with E-state index in [-0.39, 0.29) is 17.4 Å². The Balaban J connectivity index is 1.85. The maximum Gasteiger partial charge on any atom is 0.224 e. The Labute approximate surface area is 90.8 Å². The lowest BCUT2D eigenvalue weighted by Gasteiger charge is -2.28. The first kappa shape index (κ1) is 10.9. The van der Waals surface area contributed by atoms with Gasteiger partial charge >= 0.3 is 0 Å². The summed E-state index contributed by atoms with van der Waals surface area (Å²) < 4.78 is 5.32. The van der Waals surface area contributed by atoms with Crippen LogP contribution in [0.15, 0.2) is 0 Å². The van der Waals surface area contributed by atoms with Crippen molar-refractivity contribution in [2.24, 2.45) is 5.92 Å². The molecule has 4 nitrogen and oxygen atoms in total. The van der Waals surface area contributed by atoms with Gasteiger partial charge in [-0.15, -0.1) is 0 Å². The normalized spacial score (nSPS) is 36.5. The second-order valence-corrected chi connectivity index (χ2v) is 4.90. The van der Waals surface area contributed by atoms with Crippen LogP contribution in [0.5, 0.6) is 0 Å². The number of ether oxygens (including phenoxy) is 1. The number of nitrogens with one attached hydrogen (secondary N) is 2. The number of carbonyl (C=O) groups excluding carboxylic acids is 1. The van der Waals surface area contributed by atoms with Crippen LogP contribution in [0, 0.1) is 5.92 Å². The lowest BCUT2D eigenvalue weighted by atomic mass is 9.95. The predicted octanol–water partition coefficient (Wildman–Crippen LogP) is 0.281. The van der Waals surface area contributed by atoms with E-state index in [0.29, 0.717) is 6.61 Å². The summed E-state index contributed by atoms with van der Waals surface area (Å²) in [6.45, 7) is 5.35. The summed E-state index contributed by atoms with van der Waals surface area (Å²) in [5, 5.41) is 6.38. The first-order chi connectivity index (χ1) is 7.20. The van der Waals surface area contributed by atoms with Gasteiger partial charge in [-0.25, -0.2) is 0 Å². The summed E-state index contributed by atoms with van der Waals surface area (Å²) in [5.74, 6) is 0.339. The Kier molecular flexibility index (Phi) is 3.26. The molecule has 2 aliphatic rings. The van der Waals surface area contributed by atoms with E-state index in [9.17, 15) is 4.79 Å². The van der Waals surface area contributed by atoms with Crippen molar-refractivity contribution >= 4 is 5.91 Å². The monoisotopic (exact) mass is 212 g/mol. The second kappa shape index (κ2) is 4.49. The minimum atomic E-state index is -0.130. The number of piperidine rings is 1. The van der Waals surface area contributed by atoms with Gasteiger partial charge in [0.15, 0.2) is 0 Å². The molecule has 0 radical (unpaired) electrons. The number of amides is 1. The standard InChI is InChI=1S/C11H20N2O2/c1-11(4-6-15-8-11)13-10(14)9-3-2-5-12-7-9/h9,12H,2-8H2,1H3,(H,13,14). The van der Waals surface area contributed by atoms with Crippen molar-refractivity contribution in [2.45, 2.75) is 31.7 Å². The number of carbonyl (C=O) groups is 1. The molecule has 1 amide bonds. The highest BCUT2D eigenvalue weighted by molar-refractivity contribution is 5.79. The van der Waals surface area contributed by atoms with E-state index >= 15 is 0 Å². The van der Waals surface area contributed by atoms with Crippen LogP contribution < -0.4 is 10.6 Å².